The maximum absolute atomic E-state index is 2.32. The van der Waals surface area contributed by atoms with Crippen molar-refractivity contribution in [3.63, 3.8) is 0 Å². The summed E-state index contributed by atoms with van der Waals surface area (Å²) in [5.74, 6) is 1.40. The molecule has 0 N–H and O–H groups in total. The van der Waals surface area contributed by atoms with Crippen molar-refractivity contribution in [2.75, 3.05) is 0 Å². The summed E-state index contributed by atoms with van der Waals surface area (Å²) in [6.07, 6.45) is 9.64. The summed E-state index contributed by atoms with van der Waals surface area (Å²) in [5.41, 5.74) is 5.63. The van der Waals surface area contributed by atoms with E-state index in [0.29, 0.717) is 0 Å². The van der Waals surface area contributed by atoms with Crippen LogP contribution < -0.4 is 0 Å². The van der Waals surface area contributed by atoms with Crippen LogP contribution in [0, 0.1) is 26.7 Å². The second-order valence-corrected chi connectivity index (χ2v) is 4.33. The maximum Gasteiger partial charge on any atom is 0.0237 e. The Labute approximate surface area is 92.3 Å². The van der Waals surface area contributed by atoms with Gasteiger partial charge < -0.3 is 0 Å². The van der Waals surface area contributed by atoms with Crippen LogP contribution in [0.3, 0.4) is 0 Å². The minimum absolute atomic E-state index is 1.06. The van der Waals surface area contributed by atoms with Gasteiger partial charge in [0.1, 0.15) is 0 Å². The molecule has 0 spiro atoms. The topological polar surface area (TPSA) is 0 Å². The molecule has 0 heterocycles. The molecule has 0 nitrogen and oxygen atoms in total. The number of hydrogen-bond donors (Lipinski definition) is 0. The Bertz CT molecular complexity index is 410. The van der Waals surface area contributed by atoms with Gasteiger partial charge in [-0.15, -0.1) is 0 Å². The lowest BCUT2D eigenvalue weighted by Gasteiger charge is -2.11. The normalized spacial score (nSPS) is 15.1. The maximum atomic E-state index is 2.32. The van der Waals surface area contributed by atoms with Crippen molar-refractivity contribution in [2.45, 2.75) is 27.2 Å². The zero-order valence-corrected chi connectivity index (χ0v) is 9.67. The summed E-state index contributed by atoms with van der Waals surface area (Å²) in [5, 5.41) is 0. The van der Waals surface area contributed by atoms with Crippen LogP contribution in [0.15, 0.2) is 36.4 Å². The van der Waals surface area contributed by atoms with Gasteiger partial charge in [-0.2, -0.15) is 0 Å². The molecule has 2 rings (SSSR count). The van der Waals surface area contributed by atoms with Gasteiger partial charge in [0.2, 0.25) is 0 Å². The molecule has 0 atom stereocenters. The predicted molar refractivity (Wildman–Crippen MR) is 65.9 cm³/mol. The van der Waals surface area contributed by atoms with Crippen LogP contribution in [0.4, 0.5) is 0 Å². The largest absolute Gasteiger partial charge is 0.0730 e. The zero-order chi connectivity index (χ0) is 10.8. The minimum Gasteiger partial charge on any atom is -0.0730 e. The average molecular weight is 197 g/mol. The molecule has 0 heteroatoms. The van der Waals surface area contributed by atoms with Gasteiger partial charge in [0.15, 0.2) is 0 Å². The summed E-state index contributed by atoms with van der Waals surface area (Å²) in [6, 6.07) is 4.60. The third-order valence-corrected chi connectivity index (χ3v) is 3.08. The quantitative estimate of drug-likeness (QED) is 0.675. The highest BCUT2D eigenvalue weighted by molar-refractivity contribution is 5.43. The van der Waals surface area contributed by atoms with Crippen LogP contribution in [0.1, 0.15) is 22.3 Å². The van der Waals surface area contributed by atoms with E-state index in [1.54, 1.807) is 0 Å². The van der Waals surface area contributed by atoms with E-state index in [1.165, 1.54) is 28.2 Å². The molecule has 0 fully saturated rings. The highest BCUT2D eigenvalue weighted by Gasteiger charge is 2.08. The Hall–Kier alpha value is -1.30. The summed E-state index contributed by atoms with van der Waals surface area (Å²) in [6.45, 7) is 6.56. The fourth-order valence-electron chi connectivity index (χ4n) is 1.96. The molecule has 0 bridgehead atoms. The summed E-state index contributed by atoms with van der Waals surface area (Å²) >= 11 is 0. The highest BCUT2D eigenvalue weighted by Crippen LogP contribution is 2.22. The van der Waals surface area contributed by atoms with E-state index in [9.17, 15) is 0 Å². The first kappa shape index (κ1) is 10.2. The van der Waals surface area contributed by atoms with Crippen molar-refractivity contribution in [1.29, 1.82) is 0 Å². The Balaban J connectivity index is 2.24. The number of benzene rings is 1. The number of rotatable bonds is 2. The van der Waals surface area contributed by atoms with Crippen LogP contribution in [0.2, 0.25) is 0 Å². The number of hydrogen-bond acceptors (Lipinski definition) is 0. The van der Waals surface area contributed by atoms with Crippen molar-refractivity contribution in [3.05, 3.63) is 64.6 Å². The minimum atomic E-state index is 1.06. The first-order valence-electron chi connectivity index (χ1n) is 5.44. The highest BCUT2D eigenvalue weighted by atomic mass is 14.1. The lowest BCUT2D eigenvalue weighted by atomic mass is 9.93. The Morgan fingerprint density at radius 2 is 1.40 bits per heavy atom. The fraction of sp³-hybridized carbons (Fsp3) is 0.267. The van der Waals surface area contributed by atoms with Crippen LogP contribution in [-0.4, -0.2) is 0 Å². The molecule has 1 aliphatic rings. The molecule has 0 unspecified atom stereocenters. The molecule has 1 aliphatic carbocycles. The zero-order valence-electron chi connectivity index (χ0n) is 9.67. The third kappa shape index (κ3) is 2.20. The molecule has 0 saturated heterocycles. The lowest BCUT2D eigenvalue weighted by Crippen LogP contribution is -1.98. The van der Waals surface area contributed by atoms with Crippen LogP contribution >= 0.6 is 0 Å². The number of allylic oxidation sites excluding steroid dienone is 4. The van der Waals surface area contributed by atoms with Crippen molar-refractivity contribution >= 4 is 0 Å². The van der Waals surface area contributed by atoms with E-state index in [2.05, 4.69) is 57.2 Å². The molecular weight excluding hydrogens is 180 g/mol. The van der Waals surface area contributed by atoms with E-state index in [1.807, 2.05) is 0 Å². The summed E-state index contributed by atoms with van der Waals surface area (Å²) in [4.78, 5) is 0. The Morgan fingerprint density at radius 3 is 2.07 bits per heavy atom. The van der Waals surface area contributed by atoms with Crippen LogP contribution in [0.5, 0.6) is 0 Å². The Kier molecular flexibility index (Phi) is 2.77. The number of aryl methyl sites for hydroxylation is 3. The molecule has 0 saturated carbocycles. The average Bonchev–Trinajstić information content (AvgIpc) is 2.67. The first-order valence-corrected chi connectivity index (χ1v) is 5.44. The molecule has 0 amide bonds. The predicted octanol–water partition coefficient (Wildman–Crippen LogP) is 3.85. The van der Waals surface area contributed by atoms with E-state index in [-0.39, 0.29) is 0 Å². The van der Waals surface area contributed by atoms with Crippen molar-refractivity contribution < 1.29 is 0 Å². The van der Waals surface area contributed by atoms with Gasteiger partial charge in [-0.25, -0.2) is 0 Å². The molecular formula is C15H17. The second-order valence-electron chi connectivity index (χ2n) is 4.33. The van der Waals surface area contributed by atoms with Crippen LogP contribution in [0.25, 0.3) is 0 Å². The molecule has 77 valence electrons. The van der Waals surface area contributed by atoms with Crippen molar-refractivity contribution in [2.24, 2.45) is 0 Å². The molecule has 0 aromatic heterocycles. The van der Waals surface area contributed by atoms with Gasteiger partial charge in [0.25, 0.3) is 0 Å². The van der Waals surface area contributed by atoms with E-state index in [4.69, 9.17) is 0 Å². The summed E-state index contributed by atoms with van der Waals surface area (Å²) < 4.78 is 0. The second kappa shape index (κ2) is 4.06. The van der Waals surface area contributed by atoms with Gasteiger partial charge in [-0.1, -0.05) is 36.4 Å². The molecule has 1 aromatic rings. The standard InChI is InChI=1S/C15H17/c1-11-8-13(3)15(9-12(11)2)10-14-6-4-5-7-14/h4-9H,10H2,1-3H3. The molecule has 0 aliphatic heterocycles. The van der Waals surface area contributed by atoms with Crippen molar-refractivity contribution in [1.82, 2.24) is 0 Å². The van der Waals surface area contributed by atoms with Gasteiger partial charge in [-0.05, 0) is 49.4 Å². The van der Waals surface area contributed by atoms with E-state index < -0.39 is 0 Å². The van der Waals surface area contributed by atoms with E-state index >= 15 is 0 Å². The van der Waals surface area contributed by atoms with Crippen LogP contribution in [-0.2, 0) is 6.42 Å². The van der Waals surface area contributed by atoms with Gasteiger partial charge in [-0.3, -0.25) is 0 Å². The third-order valence-electron chi connectivity index (χ3n) is 3.08. The Morgan fingerprint density at radius 1 is 0.800 bits per heavy atom. The SMILES string of the molecule is Cc1cc(C)c(C[C]2C=CC=C2)cc1C. The first-order chi connectivity index (χ1) is 7.16. The molecule has 15 heavy (non-hydrogen) atoms. The fourth-order valence-corrected chi connectivity index (χ4v) is 1.96. The lowest BCUT2D eigenvalue weighted by molar-refractivity contribution is 1.06. The molecule has 1 aromatic carbocycles. The van der Waals surface area contributed by atoms with E-state index in [0.717, 1.165) is 6.42 Å². The van der Waals surface area contributed by atoms with Gasteiger partial charge in [0.05, 0.1) is 0 Å². The molecule has 1 radical (unpaired) electrons. The smallest absolute Gasteiger partial charge is 0.0237 e. The van der Waals surface area contributed by atoms with Gasteiger partial charge in [0, 0.05) is 5.92 Å². The van der Waals surface area contributed by atoms with Crippen molar-refractivity contribution in [3.8, 4) is 0 Å². The monoisotopic (exact) mass is 197 g/mol. The van der Waals surface area contributed by atoms with Gasteiger partial charge >= 0.3 is 0 Å². The summed E-state index contributed by atoms with van der Waals surface area (Å²) in [7, 11) is 0.